The lowest BCUT2D eigenvalue weighted by molar-refractivity contribution is 0.100. The van der Waals surface area contributed by atoms with Gasteiger partial charge in [-0.1, -0.05) is 31.9 Å². The van der Waals surface area contributed by atoms with Crippen molar-refractivity contribution in [2.24, 2.45) is 11.7 Å². The number of rotatable bonds is 5. The summed E-state index contributed by atoms with van der Waals surface area (Å²) in [6.07, 6.45) is 1.08. The lowest BCUT2D eigenvalue weighted by atomic mass is 10.0. The van der Waals surface area contributed by atoms with Gasteiger partial charge in [0.1, 0.15) is 0 Å². The first-order valence-corrected chi connectivity index (χ1v) is 6.19. The van der Waals surface area contributed by atoms with Crippen molar-refractivity contribution in [3.8, 4) is 0 Å². The molecule has 0 aromatic heterocycles. The molecule has 1 amide bonds. The number of hydrogen-bond donors (Lipinski definition) is 2. The molecule has 0 saturated heterocycles. The number of carbonyl (C=O) groups excluding carboxylic acids is 1. The first kappa shape index (κ1) is 13.8. The summed E-state index contributed by atoms with van der Waals surface area (Å²) < 4.78 is 0. The van der Waals surface area contributed by atoms with Crippen LogP contribution < -0.4 is 11.1 Å². The zero-order valence-corrected chi connectivity index (χ0v) is 11.2. The molecule has 3 nitrogen and oxygen atoms in total. The molecule has 0 saturated carbocycles. The highest BCUT2D eigenvalue weighted by molar-refractivity contribution is 6.33. The molecular formula is C13H19ClN2O. The Labute approximate surface area is 107 Å². The second-order valence-electron chi connectivity index (χ2n) is 4.38. The average Bonchev–Trinajstić information content (AvgIpc) is 2.30. The second kappa shape index (κ2) is 5.92. The summed E-state index contributed by atoms with van der Waals surface area (Å²) in [5.41, 5.74) is 6.47. The second-order valence-corrected chi connectivity index (χ2v) is 4.78. The fourth-order valence-corrected chi connectivity index (χ4v) is 1.70. The van der Waals surface area contributed by atoms with E-state index in [9.17, 15) is 4.79 Å². The molecule has 0 bridgehead atoms. The molecule has 0 fully saturated rings. The van der Waals surface area contributed by atoms with E-state index in [0.717, 1.165) is 12.1 Å². The van der Waals surface area contributed by atoms with Gasteiger partial charge in [0.05, 0.1) is 10.7 Å². The Morgan fingerprint density at radius 1 is 1.47 bits per heavy atom. The Bertz CT molecular complexity index is 406. The van der Waals surface area contributed by atoms with Crippen molar-refractivity contribution < 1.29 is 4.79 Å². The summed E-state index contributed by atoms with van der Waals surface area (Å²) in [6, 6.07) is 5.31. The lowest BCUT2D eigenvalue weighted by Crippen LogP contribution is -2.23. The molecular weight excluding hydrogens is 236 g/mol. The van der Waals surface area contributed by atoms with E-state index in [-0.39, 0.29) is 0 Å². The number of halogens is 1. The number of benzene rings is 1. The lowest BCUT2D eigenvalue weighted by Gasteiger charge is -2.22. The first-order valence-electron chi connectivity index (χ1n) is 5.81. The molecule has 1 rings (SSSR count). The Morgan fingerprint density at radius 3 is 2.65 bits per heavy atom. The van der Waals surface area contributed by atoms with Gasteiger partial charge >= 0.3 is 0 Å². The maximum absolute atomic E-state index is 11.1. The van der Waals surface area contributed by atoms with Gasteiger partial charge in [0.15, 0.2) is 0 Å². The average molecular weight is 255 g/mol. The third-order valence-corrected chi connectivity index (χ3v) is 3.46. The van der Waals surface area contributed by atoms with E-state index >= 15 is 0 Å². The third kappa shape index (κ3) is 3.63. The highest BCUT2D eigenvalue weighted by atomic mass is 35.5. The zero-order chi connectivity index (χ0) is 13.0. The van der Waals surface area contributed by atoms with E-state index in [1.807, 2.05) is 0 Å². The fourth-order valence-electron chi connectivity index (χ4n) is 1.53. The van der Waals surface area contributed by atoms with E-state index in [4.69, 9.17) is 17.3 Å². The highest BCUT2D eigenvalue weighted by Gasteiger charge is 2.12. The molecule has 3 N–H and O–H groups in total. The van der Waals surface area contributed by atoms with Gasteiger partial charge in [-0.05, 0) is 31.0 Å². The van der Waals surface area contributed by atoms with E-state index in [2.05, 4.69) is 26.1 Å². The largest absolute Gasteiger partial charge is 0.381 e. The molecule has 0 spiro atoms. The minimum absolute atomic E-state index is 0.292. The summed E-state index contributed by atoms with van der Waals surface area (Å²) >= 11 is 6.08. The Kier molecular flexibility index (Phi) is 4.82. The molecule has 0 aliphatic carbocycles. The van der Waals surface area contributed by atoms with Gasteiger partial charge in [0.25, 0.3) is 0 Å². The fraction of sp³-hybridized carbons (Fsp3) is 0.462. The van der Waals surface area contributed by atoms with Gasteiger partial charge < -0.3 is 11.1 Å². The molecule has 2 atom stereocenters. The van der Waals surface area contributed by atoms with Crippen LogP contribution in [0.1, 0.15) is 37.6 Å². The number of nitrogens with one attached hydrogen (secondary N) is 1. The van der Waals surface area contributed by atoms with Crippen LogP contribution in [0.3, 0.4) is 0 Å². The molecule has 1 aromatic rings. The summed E-state index contributed by atoms with van der Waals surface area (Å²) in [5, 5.41) is 3.92. The molecule has 4 heteroatoms. The summed E-state index contributed by atoms with van der Waals surface area (Å²) in [5.74, 6) is 0.0872. The first-order chi connectivity index (χ1) is 7.95. The van der Waals surface area contributed by atoms with Crippen LogP contribution in [0.5, 0.6) is 0 Å². The predicted molar refractivity (Wildman–Crippen MR) is 72.5 cm³/mol. The SMILES string of the molecule is CCC(C)C(C)Nc1cc(C(N)=O)ccc1Cl. The number of hydrogen-bond acceptors (Lipinski definition) is 2. The third-order valence-electron chi connectivity index (χ3n) is 3.13. The van der Waals surface area contributed by atoms with Crippen LogP contribution in [0.2, 0.25) is 5.02 Å². The van der Waals surface area contributed by atoms with E-state index in [1.54, 1.807) is 18.2 Å². The summed E-state index contributed by atoms with van der Waals surface area (Å²) in [4.78, 5) is 11.1. The minimum atomic E-state index is -0.444. The number of anilines is 1. The van der Waals surface area contributed by atoms with Gasteiger partial charge in [0, 0.05) is 11.6 Å². The molecule has 0 aliphatic heterocycles. The van der Waals surface area contributed by atoms with Gasteiger partial charge in [-0.2, -0.15) is 0 Å². The van der Waals surface area contributed by atoms with E-state index in [0.29, 0.717) is 22.5 Å². The number of nitrogens with two attached hydrogens (primary N) is 1. The number of primary amides is 1. The van der Waals surface area contributed by atoms with Crippen molar-refractivity contribution in [1.82, 2.24) is 0 Å². The van der Waals surface area contributed by atoms with E-state index in [1.165, 1.54) is 0 Å². The zero-order valence-electron chi connectivity index (χ0n) is 10.5. The minimum Gasteiger partial charge on any atom is -0.381 e. The normalized spacial score (nSPS) is 14.1. The Hall–Kier alpha value is -1.22. The Balaban J connectivity index is 2.89. The Morgan fingerprint density at radius 2 is 2.12 bits per heavy atom. The predicted octanol–water partition coefficient (Wildman–Crippen LogP) is 3.29. The van der Waals surface area contributed by atoms with Crippen LogP contribution in [0.15, 0.2) is 18.2 Å². The van der Waals surface area contributed by atoms with Crippen LogP contribution in [0.4, 0.5) is 5.69 Å². The quantitative estimate of drug-likeness (QED) is 0.847. The molecule has 0 heterocycles. The molecule has 0 aliphatic rings. The van der Waals surface area contributed by atoms with Crippen LogP contribution in [0, 0.1) is 5.92 Å². The molecule has 2 unspecified atom stereocenters. The standard InChI is InChI=1S/C13H19ClN2O/c1-4-8(2)9(3)16-12-7-10(13(15)17)5-6-11(12)14/h5-9,16H,4H2,1-3H3,(H2,15,17). The van der Waals surface area contributed by atoms with E-state index < -0.39 is 5.91 Å². The van der Waals surface area contributed by atoms with Gasteiger partial charge in [0.2, 0.25) is 5.91 Å². The molecule has 0 radical (unpaired) electrons. The number of amides is 1. The van der Waals surface area contributed by atoms with Crippen LogP contribution in [0.25, 0.3) is 0 Å². The van der Waals surface area contributed by atoms with Crippen LogP contribution in [-0.4, -0.2) is 11.9 Å². The summed E-state index contributed by atoms with van der Waals surface area (Å²) in [7, 11) is 0. The molecule has 1 aromatic carbocycles. The maximum Gasteiger partial charge on any atom is 0.248 e. The monoisotopic (exact) mass is 254 g/mol. The molecule has 17 heavy (non-hydrogen) atoms. The van der Waals surface area contributed by atoms with Crippen LogP contribution >= 0.6 is 11.6 Å². The number of carbonyl (C=O) groups is 1. The molecule has 94 valence electrons. The van der Waals surface area contributed by atoms with Crippen molar-refractivity contribution in [2.75, 3.05) is 5.32 Å². The van der Waals surface area contributed by atoms with Crippen molar-refractivity contribution in [2.45, 2.75) is 33.2 Å². The highest BCUT2D eigenvalue weighted by Crippen LogP contribution is 2.25. The topological polar surface area (TPSA) is 55.1 Å². The van der Waals surface area contributed by atoms with Crippen molar-refractivity contribution in [3.63, 3.8) is 0 Å². The van der Waals surface area contributed by atoms with Crippen molar-refractivity contribution in [1.29, 1.82) is 0 Å². The van der Waals surface area contributed by atoms with Crippen molar-refractivity contribution >= 4 is 23.2 Å². The van der Waals surface area contributed by atoms with Gasteiger partial charge in [-0.3, -0.25) is 4.79 Å². The van der Waals surface area contributed by atoms with Crippen molar-refractivity contribution in [3.05, 3.63) is 28.8 Å². The summed E-state index contributed by atoms with van der Waals surface area (Å²) in [6.45, 7) is 6.41. The van der Waals surface area contributed by atoms with Crippen LogP contribution in [-0.2, 0) is 0 Å². The van der Waals surface area contributed by atoms with Gasteiger partial charge in [-0.25, -0.2) is 0 Å². The van der Waals surface area contributed by atoms with Gasteiger partial charge in [-0.15, -0.1) is 0 Å². The maximum atomic E-state index is 11.1. The smallest absolute Gasteiger partial charge is 0.248 e.